The first kappa shape index (κ1) is 14.4. The Kier molecular flexibility index (Phi) is 7.85. The van der Waals surface area contributed by atoms with Gasteiger partial charge in [-0.1, -0.05) is 12.2 Å². The first-order chi connectivity index (χ1) is 7.60. The summed E-state index contributed by atoms with van der Waals surface area (Å²) >= 11 is 0. The second kappa shape index (κ2) is 8.71. The maximum Gasteiger partial charge on any atom is 0.330 e. The van der Waals surface area contributed by atoms with Crippen LogP contribution in [0.25, 0.3) is 0 Å². The van der Waals surface area contributed by atoms with Crippen LogP contribution in [0.15, 0.2) is 24.8 Å². The van der Waals surface area contributed by atoms with Crippen LogP contribution >= 0.6 is 0 Å². The zero-order valence-corrected chi connectivity index (χ0v) is 9.77. The molecule has 4 heteroatoms. The van der Waals surface area contributed by atoms with Gasteiger partial charge in [-0.05, 0) is 13.3 Å². The number of carbonyl (C=O) groups is 2. The predicted octanol–water partition coefficient (Wildman–Crippen LogP) is 1.86. The number of ether oxygens (including phenoxy) is 2. The molecular weight excluding hydrogens is 208 g/mol. The monoisotopic (exact) mass is 226 g/mol. The highest BCUT2D eigenvalue weighted by Crippen LogP contribution is 2.06. The first-order valence-electron chi connectivity index (χ1n) is 5.19. The average Bonchev–Trinajstić information content (AvgIpc) is 2.23. The van der Waals surface area contributed by atoms with Gasteiger partial charge in [-0.2, -0.15) is 0 Å². The molecule has 0 radical (unpaired) electrons. The van der Waals surface area contributed by atoms with Gasteiger partial charge in [0.25, 0.3) is 0 Å². The van der Waals surface area contributed by atoms with Crippen molar-refractivity contribution in [2.24, 2.45) is 5.92 Å². The van der Waals surface area contributed by atoms with Gasteiger partial charge in [0.2, 0.25) is 0 Å². The molecular formula is C12H18O4. The minimum atomic E-state index is -0.363. The second-order valence-electron chi connectivity index (χ2n) is 3.19. The van der Waals surface area contributed by atoms with E-state index in [0.29, 0.717) is 13.0 Å². The van der Waals surface area contributed by atoms with E-state index in [0.717, 1.165) is 0 Å². The van der Waals surface area contributed by atoms with Gasteiger partial charge in [-0.3, -0.25) is 4.79 Å². The van der Waals surface area contributed by atoms with Crippen LogP contribution in [0.3, 0.4) is 0 Å². The highest BCUT2D eigenvalue weighted by atomic mass is 16.5. The lowest BCUT2D eigenvalue weighted by molar-refractivity contribution is -0.142. The molecule has 0 aromatic carbocycles. The summed E-state index contributed by atoms with van der Waals surface area (Å²) in [6, 6.07) is 0. The van der Waals surface area contributed by atoms with Crippen molar-refractivity contribution in [1.29, 1.82) is 0 Å². The van der Waals surface area contributed by atoms with E-state index in [9.17, 15) is 9.59 Å². The van der Waals surface area contributed by atoms with Crippen LogP contribution in [0.2, 0.25) is 0 Å². The molecule has 0 aromatic heterocycles. The Hall–Kier alpha value is -1.58. The van der Waals surface area contributed by atoms with Gasteiger partial charge >= 0.3 is 11.9 Å². The van der Waals surface area contributed by atoms with E-state index in [4.69, 9.17) is 9.47 Å². The quantitative estimate of drug-likeness (QED) is 0.378. The smallest absolute Gasteiger partial charge is 0.330 e. The molecule has 0 spiro atoms. The lowest BCUT2D eigenvalue weighted by atomic mass is 10.1. The Balaban J connectivity index is 3.90. The summed E-state index contributed by atoms with van der Waals surface area (Å²) in [7, 11) is 0. The fraction of sp³-hybridized carbons (Fsp3) is 0.500. The number of allylic oxidation sites excluding steroid dienone is 1. The van der Waals surface area contributed by atoms with E-state index in [2.05, 4.69) is 6.58 Å². The third kappa shape index (κ3) is 7.79. The molecule has 4 nitrogen and oxygen atoms in total. The molecule has 0 amide bonds. The summed E-state index contributed by atoms with van der Waals surface area (Å²) in [6.45, 7) is 7.38. The number of esters is 2. The van der Waals surface area contributed by atoms with Crippen LogP contribution in [-0.2, 0) is 19.1 Å². The predicted molar refractivity (Wildman–Crippen MR) is 60.7 cm³/mol. The van der Waals surface area contributed by atoms with Crippen molar-refractivity contribution in [2.45, 2.75) is 20.3 Å². The minimum absolute atomic E-state index is 0.0228. The molecule has 16 heavy (non-hydrogen) atoms. The lowest BCUT2D eigenvalue weighted by Crippen LogP contribution is -2.09. The largest absolute Gasteiger partial charge is 0.465 e. The van der Waals surface area contributed by atoms with Crippen molar-refractivity contribution in [3.05, 3.63) is 24.8 Å². The van der Waals surface area contributed by atoms with Crippen molar-refractivity contribution >= 4 is 11.9 Å². The molecule has 0 unspecified atom stereocenters. The van der Waals surface area contributed by atoms with Crippen LogP contribution < -0.4 is 0 Å². The van der Waals surface area contributed by atoms with Crippen LogP contribution in [-0.4, -0.2) is 25.2 Å². The Morgan fingerprint density at radius 3 is 2.56 bits per heavy atom. The standard InChI is InChI=1S/C12H18O4/c1-4-11(9-16-10(3)13)7-6-8-12(14)15-5-2/h4,6,8,11H,1,5,7,9H2,2-3H3/b8-6+/t11-/m1/s1. The molecule has 0 aliphatic carbocycles. The van der Waals surface area contributed by atoms with Gasteiger partial charge in [0.1, 0.15) is 0 Å². The Morgan fingerprint density at radius 2 is 2.06 bits per heavy atom. The fourth-order valence-electron chi connectivity index (χ4n) is 0.986. The highest BCUT2D eigenvalue weighted by Gasteiger charge is 2.04. The molecule has 1 atom stereocenters. The van der Waals surface area contributed by atoms with Crippen molar-refractivity contribution in [3.8, 4) is 0 Å². The fourth-order valence-corrected chi connectivity index (χ4v) is 0.986. The topological polar surface area (TPSA) is 52.6 Å². The maximum atomic E-state index is 11.0. The van der Waals surface area contributed by atoms with Crippen LogP contribution in [0.1, 0.15) is 20.3 Å². The SMILES string of the molecule is C=C[C@H](C/C=C/C(=O)OCC)COC(C)=O. The number of carbonyl (C=O) groups excluding carboxylic acids is 2. The summed E-state index contributed by atoms with van der Waals surface area (Å²) in [6.07, 6.45) is 5.34. The van der Waals surface area contributed by atoms with E-state index in [1.807, 2.05) is 0 Å². The normalized spacial score (nSPS) is 12.1. The molecule has 0 rings (SSSR count). The summed E-state index contributed by atoms with van der Waals surface area (Å²) in [4.78, 5) is 21.5. The molecule has 0 saturated heterocycles. The summed E-state index contributed by atoms with van der Waals surface area (Å²) < 4.78 is 9.56. The minimum Gasteiger partial charge on any atom is -0.465 e. The molecule has 0 bridgehead atoms. The van der Waals surface area contributed by atoms with Crippen molar-refractivity contribution < 1.29 is 19.1 Å². The van der Waals surface area contributed by atoms with Gasteiger partial charge in [0.05, 0.1) is 13.2 Å². The van der Waals surface area contributed by atoms with Crippen molar-refractivity contribution in [3.63, 3.8) is 0 Å². The van der Waals surface area contributed by atoms with E-state index in [1.165, 1.54) is 13.0 Å². The van der Waals surface area contributed by atoms with Crippen LogP contribution in [0, 0.1) is 5.92 Å². The molecule has 90 valence electrons. The molecule has 0 N–H and O–H groups in total. The zero-order valence-electron chi connectivity index (χ0n) is 9.77. The van der Waals surface area contributed by atoms with Crippen molar-refractivity contribution in [2.75, 3.05) is 13.2 Å². The van der Waals surface area contributed by atoms with E-state index < -0.39 is 0 Å². The summed E-state index contributed by atoms with van der Waals surface area (Å²) in [5, 5.41) is 0. The maximum absolute atomic E-state index is 11.0. The van der Waals surface area contributed by atoms with Gasteiger partial charge in [-0.25, -0.2) is 4.79 Å². The van der Waals surface area contributed by atoms with E-state index in [-0.39, 0.29) is 24.5 Å². The Morgan fingerprint density at radius 1 is 1.38 bits per heavy atom. The third-order valence-corrected chi connectivity index (χ3v) is 1.81. The zero-order chi connectivity index (χ0) is 12.4. The summed E-state index contributed by atoms with van der Waals surface area (Å²) in [5.41, 5.74) is 0. The Labute approximate surface area is 95.9 Å². The van der Waals surface area contributed by atoms with E-state index in [1.54, 1.807) is 19.1 Å². The van der Waals surface area contributed by atoms with Crippen LogP contribution in [0.4, 0.5) is 0 Å². The number of rotatable bonds is 7. The molecule has 0 aromatic rings. The van der Waals surface area contributed by atoms with Gasteiger partial charge < -0.3 is 9.47 Å². The van der Waals surface area contributed by atoms with Crippen molar-refractivity contribution in [1.82, 2.24) is 0 Å². The average molecular weight is 226 g/mol. The highest BCUT2D eigenvalue weighted by molar-refractivity contribution is 5.81. The molecule has 0 fully saturated rings. The van der Waals surface area contributed by atoms with Crippen LogP contribution in [0.5, 0.6) is 0 Å². The molecule has 0 heterocycles. The first-order valence-corrected chi connectivity index (χ1v) is 5.19. The lowest BCUT2D eigenvalue weighted by Gasteiger charge is -2.09. The Bertz CT molecular complexity index is 268. The van der Waals surface area contributed by atoms with Gasteiger partial charge in [0.15, 0.2) is 0 Å². The van der Waals surface area contributed by atoms with Gasteiger partial charge in [-0.15, -0.1) is 6.58 Å². The number of hydrogen-bond donors (Lipinski definition) is 0. The van der Waals surface area contributed by atoms with Gasteiger partial charge in [0, 0.05) is 18.9 Å². The van der Waals surface area contributed by atoms with E-state index >= 15 is 0 Å². The molecule has 0 aliphatic heterocycles. The molecule has 0 aliphatic rings. The summed E-state index contributed by atoms with van der Waals surface area (Å²) in [5.74, 6) is -0.659. The number of hydrogen-bond acceptors (Lipinski definition) is 4. The second-order valence-corrected chi connectivity index (χ2v) is 3.19. The molecule has 0 saturated carbocycles. The third-order valence-electron chi connectivity index (χ3n) is 1.81.